The van der Waals surface area contributed by atoms with E-state index in [1.807, 2.05) is 29.2 Å². The minimum atomic E-state index is -0.470. The van der Waals surface area contributed by atoms with Gasteiger partial charge < -0.3 is 0 Å². The standard InChI is InChI=1S/C22H22ClN3O/c1-22(2,3)17-9-7-16(8-10-17)20-19(21(23)27)14-26(25(20)4)18-11-5-15(13-24)6-12-18/h5-12,14,20H,1-4H3. The Labute approximate surface area is 165 Å². The number of hydrogen-bond donors (Lipinski definition) is 0. The molecule has 4 nitrogen and oxygen atoms in total. The summed E-state index contributed by atoms with van der Waals surface area (Å²) in [5.41, 5.74) is 4.27. The molecule has 2 aromatic carbocycles. The van der Waals surface area contributed by atoms with Crippen LogP contribution in [-0.2, 0) is 10.2 Å². The third kappa shape index (κ3) is 3.75. The van der Waals surface area contributed by atoms with Crippen LogP contribution in [0.25, 0.3) is 0 Å². The Morgan fingerprint density at radius 1 is 1.07 bits per heavy atom. The van der Waals surface area contributed by atoms with E-state index in [1.165, 1.54) is 5.56 Å². The van der Waals surface area contributed by atoms with E-state index in [4.69, 9.17) is 16.9 Å². The van der Waals surface area contributed by atoms with Crippen LogP contribution in [0.5, 0.6) is 0 Å². The highest BCUT2D eigenvalue weighted by Crippen LogP contribution is 2.39. The van der Waals surface area contributed by atoms with Crippen LogP contribution in [0.4, 0.5) is 5.69 Å². The summed E-state index contributed by atoms with van der Waals surface area (Å²) in [6, 6.07) is 17.4. The van der Waals surface area contributed by atoms with E-state index in [1.54, 1.807) is 18.3 Å². The molecule has 2 aromatic rings. The van der Waals surface area contributed by atoms with Crippen LogP contribution in [0.3, 0.4) is 0 Å². The maximum Gasteiger partial charge on any atom is 0.251 e. The molecular weight excluding hydrogens is 358 g/mol. The Morgan fingerprint density at radius 2 is 1.67 bits per heavy atom. The van der Waals surface area contributed by atoms with E-state index in [0.717, 1.165) is 11.3 Å². The fourth-order valence-corrected chi connectivity index (χ4v) is 3.44. The molecule has 0 radical (unpaired) electrons. The Bertz CT molecular complexity index is 918. The van der Waals surface area contributed by atoms with Crippen LogP contribution in [0.15, 0.2) is 60.3 Å². The molecule has 138 valence electrons. The lowest BCUT2D eigenvalue weighted by atomic mass is 9.86. The molecule has 0 fully saturated rings. The van der Waals surface area contributed by atoms with Gasteiger partial charge in [0.1, 0.15) is 0 Å². The Kier molecular flexibility index (Phi) is 5.10. The number of likely N-dealkylation sites (N-methyl/N-ethyl adjacent to an activating group) is 1. The molecule has 0 saturated heterocycles. The van der Waals surface area contributed by atoms with Crippen LogP contribution in [0, 0.1) is 11.3 Å². The normalized spacial score (nSPS) is 17.6. The van der Waals surface area contributed by atoms with Crippen molar-refractivity contribution in [3.63, 3.8) is 0 Å². The number of carbonyl (C=O) groups is 1. The molecule has 0 spiro atoms. The second-order valence-electron chi connectivity index (χ2n) is 7.71. The maximum absolute atomic E-state index is 12.1. The van der Waals surface area contributed by atoms with Crippen molar-refractivity contribution in [1.82, 2.24) is 5.01 Å². The maximum atomic E-state index is 12.1. The number of benzene rings is 2. The van der Waals surface area contributed by atoms with E-state index in [2.05, 4.69) is 51.1 Å². The smallest absolute Gasteiger partial charge is 0.251 e. The van der Waals surface area contributed by atoms with Crippen molar-refractivity contribution >= 4 is 22.5 Å². The van der Waals surface area contributed by atoms with Crippen molar-refractivity contribution in [2.24, 2.45) is 0 Å². The predicted octanol–water partition coefficient (Wildman–Crippen LogP) is 4.91. The molecule has 0 N–H and O–H groups in total. The average molecular weight is 380 g/mol. The van der Waals surface area contributed by atoms with Crippen molar-refractivity contribution in [3.05, 3.63) is 77.0 Å². The van der Waals surface area contributed by atoms with Gasteiger partial charge in [-0.1, -0.05) is 45.0 Å². The second kappa shape index (κ2) is 7.19. The van der Waals surface area contributed by atoms with E-state index in [-0.39, 0.29) is 11.5 Å². The van der Waals surface area contributed by atoms with Gasteiger partial charge in [-0.3, -0.25) is 9.80 Å². The zero-order chi connectivity index (χ0) is 19.8. The van der Waals surface area contributed by atoms with Gasteiger partial charge in [0.25, 0.3) is 5.24 Å². The molecule has 0 aliphatic carbocycles. The van der Waals surface area contributed by atoms with E-state index < -0.39 is 5.24 Å². The highest BCUT2D eigenvalue weighted by molar-refractivity contribution is 6.67. The van der Waals surface area contributed by atoms with Crippen molar-refractivity contribution in [1.29, 1.82) is 5.26 Å². The molecule has 27 heavy (non-hydrogen) atoms. The summed E-state index contributed by atoms with van der Waals surface area (Å²) in [5.74, 6) is 0. The Hall–Kier alpha value is -2.61. The quantitative estimate of drug-likeness (QED) is 0.710. The summed E-state index contributed by atoms with van der Waals surface area (Å²) in [4.78, 5) is 12.1. The average Bonchev–Trinajstić information content (AvgIpc) is 2.99. The van der Waals surface area contributed by atoms with Crippen LogP contribution in [0.2, 0.25) is 0 Å². The molecule has 0 aromatic heterocycles. The van der Waals surface area contributed by atoms with Gasteiger partial charge in [0.05, 0.1) is 28.9 Å². The number of hydrogen-bond acceptors (Lipinski definition) is 4. The van der Waals surface area contributed by atoms with Gasteiger partial charge in [-0.25, -0.2) is 5.01 Å². The van der Waals surface area contributed by atoms with E-state index in [0.29, 0.717) is 11.1 Å². The fraction of sp³-hybridized carbons (Fsp3) is 0.273. The third-order valence-electron chi connectivity index (χ3n) is 4.85. The number of anilines is 1. The first-order chi connectivity index (χ1) is 12.7. The fourth-order valence-electron chi connectivity index (χ4n) is 3.28. The zero-order valence-electron chi connectivity index (χ0n) is 15.9. The highest BCUT2D eigenvalue weighted by atomic mass is 35.5. The molecule has 1 heterocycles. The van der Waals surface area contributed by atoms with Gasteiger partial charge >= 0.3 is 0 Å². The molecular formula is C22H22ClN3O. The van der Waals surface area contributed by atoms with E-state index >= 15 is 0 Å². The SMILES string of the molecule is CN1C(c2ccc(C(C)(C)C)cc2)C(C(=O)Cl)=CN1c1ccc(C#N)cc1. The lowest BCUT2D eigenvalue weighted by Gasteiger charge is -2.31. The molecule has 1 atom stereocenters. The van der Waals surface area contributed by atoms with Gasteiger partial charge in [0, 0.05) is 13.2 Å². The highest BCUT2D eigenvalue weighted by Gasteiger charge is 2.35. The zero-order valence-corrected chi connectivity index (χ0v) is 16.7. The van der Waals surface area contributed by atoms with Crippen molar-refractivity contribution in [2.45, 2.75) is 32.2 Å². The van der Waals surface area contributed by atoms with Crippen LogP contribution >= 0.6 is 11.6 Å². The summed E-state index contributed by atoms with van der Waals surface area (Å²) in [6.07, 6.45) is 1.76. The van der Waals surface area contributed by atoms with Crippen LogP contribution in [-0.4, -0.2) is 17.3 Å². The molecule has 0 amide bonds. The first kappa shape index (κ1) is 19.2. The van der Waals surface area contributed by atoms with Crippen LogP contribution < -0.4 is 5.01 Å². The largest absolute Gasteiger partial charge is 0.280 e. The molecule has 1 aliphatic heterocycles. The summed E-state index contributed by atoms with van der Waals surface area (Å²) in [6.45, 7) is 6.51. The van der Waals surface area contributed by atoms with Gasteiger partial charge in [0.15, 0.2) is 0 Å². The monoisotopic (exact) mass is 379 g/mol. The topological polar surface area (TPSA) is 47.3 Å². The first-order valence-electron chi connectivity index (χ1n) is 8.76. The molecule has 0 bridgehead atoms. The number of nitrogens with zero attached hydrogens (tertiary/aromatic N) is 3. The molecule has 1 unspecified atom stereocenters. The Balaban J connectivity index is 1.97. The minimum Gasteiger partial charge on any atom is -0.280 e. The molecule has 5 heteroatoms. The number of carbonyl (C=O) groups excluding carboxylic acids is 1. The van der Waals surface area contributed by atoms with Crippen molar-refractivity contribution < 1.29 is 4.79 Å². The van der Waals surface area contributed by atoms with Crippen LogP contribution in [0.1, 0.15) is 43.5 Å². The number of halogens is 1. The summed E-state index contributed by atoms with van der Waals surface area (Å²) in [5, 5.41) is 12.4. The first-order valence-corrected chi connectivity index (χ1v) is 9.14. The van der Waals surface area contributed by atoms with Gasteiger partial charge in [0.2, 0.25) is 0 Å². The van der Waals surface area contributed by atoms with Gasteiger partial charge in [-0.05, 0) is 52.4 Å². The lowest BCUT2D eigenvalue weighted by molar-refractivity contribution is -0.109. The molecule has 3 rings (SSSR count). The second-order valence-corrected chi connectivity index (χ2v) is 8.05. The van der Waals surface area contributed by atoms with E-state index in [9.17, 15) is 4.79 Å². The summed E-state index contributed by atoms with van der Waals surface area (Å²) in [7, 11) is 1.92. The summed E-state index contributed by atoms with van der Waals surface area (Å²) >= 11 is 5.89. The predicted molar refractivity (Wildman–Crippen MR) is 108 cm³/mol. The number of rotatable bonds is 3. The summed E-state index contributed by atoms with van der Waals surface area (Å²) < 4.78 is 0. The third-order valence-corrected chi connectivity index (χ3v) is 5.07. The Morgan fingerprint density at radius 3 is 2.15 bits per heavy atom. The van der Waals surface area contributed by atoms with Gasteiger partial charge in [-0.2, -0.15) is 5.26 Å². The number of hydrazine groups is 1. The van der Waals surface area contributed by atoms with Crippen molar-refractivity contribution in [3.8, 4) is 6.07 Å². The lowest BCUT2D eigenvalue weighted by Crippen LogP contribution is -2.34. The molecule has 1 aliphatic rings. The van der Waals surface area contributed by atoms with Crippen molar-refractivity contribution in [2.75, 3.05) is 12.1 Å². The van der Waals surface area contributed by atoms with Gasteiger partial charge in [-0.15, -0.1) is 0 Å². The number of nitriles is 1. The minimum absolute atomic E-state index is 0.0651. The molecule has 0 saturated carbocycles.